The van der Waals surface area contributed by atoms with E-state index in [1.165, 1.54) is 0 Å². The zero-order valence-electron chi connectivity index (χ0n) is 14.2. The summed E-state index contributed by atoms with van der Waals surface area (Å²) in [5.41, 5.74) is 1.14. The lowest BCUT2D eigenvalue weighted by Gasteiger charge is -2.27. The van der Waals surface area contributed by atoms with Gasteiger partial charge in [0.2, 0.25) is 0 Å². The Hall–Kier alpha value is -1.66. The van der Waals surface area contributed by atoms with Crippen molar-refractivity contribution in [1.29, 1.82) is 0 Å². The fraction of sp³-hybridized carbons (Fsp3) is 0.474. The van der Waals surface area contributed by atoms with Gasteiger partial charge in [0.15, 0.2) is 0 Å². The molecule has 132 valence electrons. The van der Waals surface area contributed by atoms with Crippen molar-refractivity contribution in [2.75, 3.05) is 26.3 Å². The molecule has 0 aliphatic rings. The first-order valence-corrected chi connectivity index (χ1v) is 8.42. The third kappa shape index (κ3) is 6.45. The normalized spacial score (nSPS) is 14.0. The van der Waals surface area contributed by atoms with Crippen LogP contribution in [-0.4, -0.2) is 47.5 Å². The molecule has 0 bridgehead atoms. The van der Waals surface area contributed by atoms with Crippen molar-refractivity contribution in [2.24, 2.45) is 0 Å². The molecule has 1 heterocycles. The third-order valence-electron chi connectivity index (χ3n) is 3.82. The quantitative estimate of drug-likeness (QED) is 0.619. The van der Waals surface area contributed by atoms with Crippen LogP contribution >= 0.6 is 0 Å². The second-order valence-electron chi connectivity index (χ2n) is 5.85. The summed E-state index contributed by atoms with van der Waals surface area (Å²) >= 11 is 0. The fourth-order valence-electron chi connectivity index (χ4n) is 2.61. The van der Waals surface area contributed by atoms with Gasteiger partial charge in [-0.1, -0.05) is 30.3 Å². The molecule has 2 rings (SSSR count). The van der Waals surface area contributed by atoms with Crippen LogP contribution in [0.2, 0.25) is 0 Å². The highest BCUT2D eigenvalue weighted by Gasteiger charge is 2.19. The Kier molecular flexibility index (Phi) is 7.98. The Balaban J connectivity index is 1.95. The van der Waals surface area contributed by atoms with Gasteiger partial charge in [-0.3, -0.25) is 4.90 Å². The lowest BCUT2D eigenvalue weighted by molar-refractivity contribution is 0.0374. The first-order valence-electron chi connectivity index (χ1n) is 8.42. The number of aliphatic hydroxyl groups excluding tert-OH is 2. The molecule has 0 saturated carbocycles. The van der Waals surface area contributed by atoms with E-state index in [0.29, 0.717) is 45.0 Å². The highest BCUT2D eigenvalue weighted by atomic mass is 16.5. The van der Waals surface area contributed by atoms with Crippen molar-refractivity contribution >= 4 is 0 Å². The summed E-state index contributed by atoms with van der Waals surface area (Å²) in [5.74, 6) is 0.539. The highest BCUT2D eigenvalue weighted by Crippen LogP contribution is 2.17. The molecule has 0 fully saturated rings. The van der Waals surface area contributed by atoms with Crippen LogP contribution in [0.4, 0.5) is 0 Å². The molecule has 0 aliphatic carbocycles. The number of aliphatic hydroxyl groups is 2. The van der Waals surface area contributed by atoms with E-state index in [2.05, 4.69) is 0 Å². The van der Waals surface area contributed by atoms with E-state index in [9.17, 15) is 10.2 Å². The maximum atomic E-state index is 10.3. The maximum Gasteiger partial charge on any atom is 0.133 e. The first kappa shape index (κ1) is 18.7. The summed E-state index contributed by atoms with van der Waals surface area (Å²) in [6.07, 6.45) is 0.916. The minimum atomic E-state index is -0.720. The van der Waals surface area contributed by atoms with Crippen molar-refractivity contribution in [3.63, 3.8) is 0 Å². The van der Waals surface area contributed by atoms with Crippen molar-refractivity contribution in [3.8, 4) is 0 Å². The Morgan fingerprint density at radius 2 is 1.88 bits per heavy atom. The monoisotopic (exact) mass is 333 g/mol. The van der Waals surface area contributed by atoms with E-state index < -0.39 is 12.2 Å². The van der Waals surface area contributed by atoms with Crippen LogP contribution in [0.15, 0.2) is 53.1 Å². The van der Waals surface area contributed by atoms with Gasteiger partial charge in [0.25, 0.3) is 0 Å². The Bertz CT molecular complexity index is 544. The molecule has 2 atom stereocenters. The van der Waals surface area contributed by atoms with Crippen molar-refractivity contribution in [2.45, 2.75) is 32.1 Å². The molecule has 24 heavy (non-hydrogen) atoms. The summed E-state index contributed by atoms with van der Waals surface area (Å²) in [4.78, 5) is 2.04. The first-order chi connectivity index (χ1) is 11.7. The van der Waals surface area contributed by atoms with Gasteiger partial charge in [0, 0.05) is 32.8 Å². The van der Waals surface area contributed by atoms with Crippen LogP contribution in [0.25, 0.3) is 0 Å². The topological polar surface area (TPSA) is 66.1 Å². The molecule has 2 aromatic rings. The van der Waals surface area contributed by atoms with Gasteiger partial charge >= 0.3 is 0 Å². The minimum absolute atomic E-state index is 0.397. The minimum Gasteiger partial charge on any atom is -0.467 e. The SMILES string of the molecule is CCOCC[C@@H](O)CN(Cc1ccccc1)C[C@@H](O)c1ccco1. The number of hydrogen-bond acceptors (Lipinski definition) is 5. The zero-order chi connectivity index (χ0) is 17.2. The molecule has 2 N–H and O–H groups in total. The van der Waals surface area contributed by atoms with Gasteiger partial charge in [0.05, 0.1) is 12.4 Å². The van der Waals surface area contributed by atoms with Crippen molar-refractivity contribution < 1.29 is 19.4 Å². The number of rotatable bonds is 11. The predicted molar refractivity (Wildman–Crippen MR) is 92.5 cm³/mol. The predicted octanol–water partition coefficient (Wildman–Crippen LogP) is 2.60. The summed E-state index contributed by atoms with van der Waals surface area (Å²) in [5, 5.41) is 20.6. The van der Waals surface area contributed by atoms with Gasteiger partial charge in [-0.05, 0) is 31.0 Å². The van der Waals surface area contributed by atoms with Gasteiger partial charge in [0.1, 0.15) is 11.9 Å². The number of hydrogen-bond donors (Lipinski definition) is 2. The molecule has 0 radical (unpaired) electrons. The summed E-state index contributed by atoms with van der Waals surface area (Å²) in [7, 11) is 0. The number of nitrogens with zero attached hydrogens (tertiary/aromatic N) is 1. The molecule has 5 heteroatoms. The van der Waals surface area contributed by atoms with E-state index >= 15 is 0 Å². The number of furan rings is 1. The average Bonchev–Trinajstić information content (AvgIpc) is 3.10. The van der Waals surface area contributed by atoms with E-state index in [1.54, 1.807) is 18.4 Å². The smallest absolute Gasteiger partial charge is 0.133 e. The Morgan fingerprint density at radius 1 is 1.08 bits per heavy atom. The highest BCUT2D eigenvalue weighted by molar-refractivity contribution is 5.14. The average molecular weight is 333 g/mol. The Morgan fingerprint density at radius 3 is 2.54 bits per heavy atom. The summed E-state index contributed by atoms with van der Waals surface area (Å²) < 4.78 is 10.6. The number of ether oxygens (including phenoxy) is 1. The number of benzene rings is 1. The van der Waals surface area contributed by atoms with E-state index in [0.717, 1.165) is 5.56 Å². The van der Waals surface area contributed by atoms with E-state index in [4.69, 9.17) is 9.15 Å². The van der Waals surface area contributed by atoms with E-state index in [1.807, 2.05) is 42.2 Å². The lowest BCUT2D eigenvalue weighted by atomic mass is 10.1. The molecular formula is C19H27NO4. The molecule has 0 amide bonds. The largest absolute Gasteiger partial charge is 0.467 e. The summed E-state index contributed by atoms with van der Waals surface area (Å²) in [6, 6.07) is 13.6. The molecule has 0 unspecified atom stereocenters. The molecule has 5 nitrogen and oxygen atoms in total. The van der Waals surface area contributed by atoms with Crippen LogP contribution in [-0.2, 0) is 11.3 Å². The fourth-order valence-corrected chi connectivity index (χ4v) is 2.61. The Labute approximate surface area is 143 Å². The maximum absolute atomic E-state index is 10.3. The third-order valence-corrected chi connectivity index (χ3v) is 3.82. The van der Waals surface area contributed by atoms with Crippen LogP contribution in [0, 0.1) is 0 Å². The second-order valence-corrected chi connectivity index (χ2v) is 5.85. The van der Waals surface area contributed by atoms with Gasteiger partial charge in [-0.25, -0.2) is 0 Å². The van der Waals surface area contributed by atoms with Gasteiger partial charge in [-0.2, -0.15) is 0 Å². The van der Waals surface area contributed by atoms with Crippen molar-refractivity contribution in [3.05, 3.63) is 60.1 Å². The molecule has 0 aliphatic heterocycles. The molecule has 0 saturated heterocycles. The van der Waals surface area contributed by atoms with E-state index in [-0.39, 0.29) is 0 Å². The molecular weight excluding hydrogens is 306 g/mol. The zero-order valence-corrected chi connectivity index (χ0v) is 14.2. The second kappa shape index (κ2) is 10.3. The van der Waals surface area contributed by atoms with Crippen molar-refractivity contribution in [1.82, 2.24) is 4.90 Å². The van der Waals surface area contributed by atoms with Crippen LogP contribution in [0.3, 0.4) is 0 Å². The van der Waals surface area contributed by atoms with Gasteiger partial charge < -0.3 is 19.4 Å². The van der Waals surface area contributed by atoms with Crippen LogP contribution in [0.5, 0.6) is 0 Å². The standard InChI is InChI=1S/C19H27NO4/c1-2-23-12-10-17(21)14-20(13-16-7-4-3-5-8-16)15-18(22)19-9-6-11-24-19/h3-9,11,17-18,21-22H,2,10,12-15H2,1H3/t17-,18-/m1/s1. The molecule has 1 aromatic heterocycles. The van der Waals surface area contributed by atoms with Crippen LogP contribution in [0.1, 0.15) is 30.8 Å². The summed E-state index contributed by atoms with van der Waals surface area (Å²) in [6.45, 7) is 4.65. The molecule has 0 spiro atoms. The molecule has 1 aromatic carbocycles. The van der Waals surface area contributed by atoms with Gasteiger partial charge in [-0.15, -0.1) is 0 Å². The van der Waals surface area contributed by atoms with Crippen LogP contribution < -0.4 is 0 Å². The lowest BCUT2D eigenvalue weighted by Crippen LogP contribution is -2.35.